The molecular formula is C17H17F3N4O. The molecule has 1 amide bonds. The smallest absolute Gasteiger partial charge is 0.263 e. The summed E-state index contributed by atoms with van der Waals surface area (Å²) in [4.78, 5) is 20.1. The summed E-state index contributed by atoms with van der Waals surface area (Å²) in [6, 6.07) is 6.63. The number of benzene rings is 1. The van der Waals surface area contributed by atoms with Crippen LogP contribution in [0.4, 0.5) is 13.2 Å². The van der Waals surface area contributed by atoms with Crippen molar-refractivity contribution in [3.63, 3.8) is 0 Å². The highest BCUT2D eigenvalue weighted by atomic mass is 19.3. The Morgan fingerprint density at radius 1 is 1.28 bits per heavy atom. The molecule has 2 unspecified atom stereocenters. The van der Waals surface area contributed by atoms with Gasteiger partial charge in [-0.15, -0.1) is 0 Å². The SMILES string of the molecule is O=C(NCc1cc(-c2ccc(C(F)F)cc2)ncn1)C1NCCC1F. The molecule has 5 nitrogen and oxygen atoms in total. The molecule has 1 aliphatic heterocycles. The molecule has 3 rings (SSSR count). The molecule has 8 heteroatoms. The normalized spacial score (nSPS) is 20.0. The van der Waals surface area contributed by atoms with E-state index in [2.05, 4.69) is 20.6 Å². The van der Waals surface area contributed by atoms with Crippen molar-refractivity contribution < 1.29 is 18.0 Å². The van der Waals surface area contributed by atoms with Crippen molar-refractivity contribution in [2.24, 2.45) is 0 Å². The first-order valence-electron chi connectivity index (χ1n) is 7.89. The van der Waals surface area contributed by atoms with Gasteiger partial charge in [0.1, 0.15) is 18.5 Å². The Morgan fingerprint density at radius 2 is 2.04 bits per heavy atom. The summed E-state index contributed by atoms with van der Waals surface area (Å²) in [5, 5.41) is 5.46. The van der Waals surface area contributed by atoms with Gasteiger partial charge in [0.25, 0.3) is 6.43 Å². The quantitative estimate of drug-likeness (QED) is 0.869. The summed E-state index contributed by atoms with van der Waals surface area (Å²) in [5.41, 5.74) is 1.71. The second-order valence-electron chi connectivity index (χ2n) is 5.77. The lowest BCUT2D eigenvalue weighted by molar-refractivity contribution is -0.124. The van der Waals surface area contributed by atoms with Crippen LogP contribution in [-0.4, -0.2) is 34.6 Å². The number of hydrogen-bond donors (Lipinski definition) is 2. The van der Waals surface area contributed by atoms with Crippen molar-refractivity contribution in [2.45, 2.75) is 31.6 Å². The standard InChI is InChI=1S/C17H17F3N4O/c18-13-5-6-21-15(13)17(25)22-8-12-7-14(24-9-23-12)10-1-3-11(4-2-10)16(19)20/h1-4,7,9,13,15-16,21H,5-6,8H2,(H,22,25). The zero-order valence-corrected chi connectivity index (χ0v) is 13.3. The third-order valence-corrected chi connectivity index (χ3v) is 4.05. The molecule has 2 heterocycles. The van der Waals surface area contributed by atoms with E-state index in [4.69, 9.17) is 0 Å². The first kappa shape index (κ1) is 17.3. The van der Waals surface area contributed by atoms with Crippen LogP contribution in [-0.2, 0) is 11.3 Å². The summed E-state index contributed by atoms with van der Waals surface area (Å²) >= 11 is 0. The third kappa shape index (κ3) is 4.14. The fraction of sp³-hybridized carbons (Fsp3) is 0.353. The van der Waals surface area contributed by atoms with Gasteiger partial charge in [0.05, 0.1) is 17.9 Å². The van der Waals surface area contributed by atoms with Crippen LogP contribution in [0.15, 0.2) is 36.7 Å². The van der Waals surface area contributed by atoms with Crippen LogP contribution in [0.1, 0.15) is 24.1 Å². The second-order valence-corrected chi connectivity index (χ2v) is 5.77. The van der Waals surface area contributed by atoms with Gasteiger partial charge < -0.3 is 10.6 Å². The van der Waals surface area contributed by atoms with Crippen LogP contribution in [0.3, 0.4) is 0 Å². The fourth-order valence-corrected chi connectivity index (χ4v) is 2.67. The van der Waals surface area contributed by atoms with Crippen LogP contribution in [0, 0.1) is 0 Å². The zero-order chi connectivity index (χ0) is 17.8. The first-order valence-corrected chi connectivity index (χ1v) is 7.89. The molecule has 2 atom stereocenters. The number of hydrogen-bond acceptors (Lipinski definition) is 4. The van der Waals surface area contributed by atoms with E-state index in [0.29, 0.717) is 29.9 Å². The van der Waals surface area contributed by atoms with E-state index in [1.807, 2.05) is 0 Å². The maximum Gasteiger partial charge on any atom is 0.263 e. The van der Waals surface area contributed by atoms with Crippen molar-refractivity contribution in [1.29, 1.82) is 0 Å². The topological polar surface area (TPSA) is 66.9 Å². The van der Waals surface area contributed by atoms with E-state index in [1.54, 1.807) is 18.2 Å². The molecule has 0 aliphatic carbocycles. The highest BCUT2D eigenvalue weighted by molar-refractivity contribution is 5.82. The predicted octanol–water partition coefficient (Wildman–Crippen LogP) is 2.40. The Morgan fingerprint density at radius 3 is 2.68 bits per heavy atom. The number of carbonyl (C=O) groups excluding carboxylic acids is 1. The molecule has 1 aromatic heterocycles. The van der Waals surface area contributed by atoms with Crippen molar-refractivity contribution in [3.05, 3.63) is 47.9 Å². The minimum Gasteiger partial charge on any atom is -0.349 e. The number of carbonyl (C=O) groups is 1. The molecule has 2 aromatic rings. The Labute approximate surface area is 142 Å². The van der Waals surface area contributed by atoms with E-state index >= 15 is 0 Å². The van der Waals surface area contributed by atoms with Crippen LogP contribution in [0.5, 0.6) is 0 Å². The molecule has 1 aromatic carbocycles. The van der Waals surface area contributed by atoms with Gasteiger partial charge >= 0.3 is 0 Å². The summed E-state index contributed by atoms with van der Waals surface area (Å²) in [7, 11) is 0. The number of rotatable bonds is 5. The zero-order valence-electron chi connectivity index (χ0n) is 13.3. The van der Waals surface area contributed by atoms with Crippen molar-refractivity contribution in [2.75, 3.05) is 6.54 Å². The Balaban J connectivity index is 1.66. The lowest BCUT2D eigenvalue weighted by atomic mass is 10.1. The summed E-state index contributed by atoms with van der Waals surface area (Å²) in [6.07, 6.45) is -2.04. The van der Waals surface area contributed by atoms with Gasteiger partial charge in [0.15, 0.2) is 0 Å². The molecule has 25 heavy (non-hydrogen) atoms. The number of nitrogens with one attached hydrogen (secondary N) is 2. The molecule has 1 fully saturated rings. The van der Waals surface area contributed by atoms with Crippen molar-refractivity contribution in [1.82, 2.24) is 20.6 Å². The van der Waals surface area contributed by atoms with E-state index in [-0.39, 0.29) is 12.1 Å². The van der Waals surface area contributed by atoms with Crippen molar-refractivity contribution >= 4 is 5.91 Å². The van der Waals surface area contributed by atoms with Gasteiger partial charge in [-0.3, -0.25) is 4.79 Å². The summed E-state index contributed by atoms with van der Waals surface area (Å²) in [6.45, 7) is 0.611. The van der Waals surface area contributed by atoms with Gasteiger partial charge in [0.2, 0.25) is 5.91 Å². The number of amides is 1. The highest BCUT2D eigenvalue weighted by Crippen LogP contribution is 2.23. The summed E-state index contributed by atoms with van der Waals surface area (Å²) < 4.78 is 38.7. The lowest BCUT2D eigenvalue weighted by Crippen LogP contribution is -2.44. The van der Waals surface area contributed by atoms with E-state index in [0.717, 1.165) is 0 Å². The van der Waals surface area contributed by atoms with Crippen LogP contribution in [0.2, 0.25) is 0 Å². The largest absolute Gasteiger partial charge is 0.349 e. The highest BCUT2D eigenvalue weighted by Gasteiger charge is 2.32. The molecule has 132 valence electrons. The molecule has 0 saturated carbocycles. The average Bonchev–Trinajstić information content (AvgIpc) is 3.06. The number of alkyl halides is 3. The summed E-state index contributed by atoms with van der Waals surface area (Å²) in [5.74, 6) is -0.411. The molecule has 0 radical (unpaired) electrons. The maximum atomic E-state index is 13.5. The van der Waals surface area contributed by atoms with E-state index in [1.165, 1.54) is 18.5 Å². The van der Waals surface area contributed by atoms with Gasteiger partial charge in [-0.1, -0.05) is 24.3 Å². The van der Waals surface area contributed by atoms with Gasteiger partial charge in [-0.25, -0.2) is 23.1 Å². The molecule has 0 spiro atoms. The monoisotopic (exact) mass is 350 g/mol. The Bertz CT molecular complexity index is 739. The molecule has 0 bridgehead atoms. The van der Waals surface area contributed by atoms with E-state index in [9.17, 15) is 18.0 Å². The average molecular weight is 350 g/mol. The predicted molar refractivity (Wildman–Crippen MR) is 85.6 cm³/mol. The fourth-order valence-electron chi connectivity index (χ4n) is 2.67. The second kappa shape index (κ2) is 7.60. The van der Waals surface area contributed by atoms with Crippen molar-refractivity contribution in [3.8, 4) is 11.3 Å². The van der Waals surface area contributed by atoms with E-state index < -0.39 is 24.5 Å². The number of halogens is 3. The number of aromatic nitrogens is 2. The molecule has 1 saturated heterocycles. The first-order chi connectivity index (χ1) is 12.0. The van der Waals surface area contributed by atoms with Crippen LogP contribution in [0.25, 0.3) is 11.3 Å². The minimum absolute atomic E-state index is 0.0601. The third-order valence-electron chi connectivity index (χ3n) is 4.05. The Hall–Kier alpha value is -2.48. The lowest BCUT2D eigenvalue weighted by Gasteiger charge is -2.13. The minimum atomic E-state index is -2.52. The maximum absolute atomic E-state index is 13.5. The Kier molecular flexibility index (Phi) is 5.28. The van der Waals surface area contributed by atoms with Gasteiger partial charge in [-0.2, -0.15) is 0 Å². The molecule has 2 N–H and O–H groups in total. The molecular weight excluding hydrogens is 333 g/mol. The van der Waals surface area contributed by atoms with Gasteiger partial charge in [0, 0.05) is 11.1 Å². The molecule has 1 aliphatic rings. The number of nitrogens with zero attached hydrogens (tertiary/aromatic N) is 2. The van der Waals surface area contributed by atoms with Crippen LogP contribution >= 0.6 is 0 Å². The van der Waals surface area contributed by atoms with Gasteiger partial charge in [-0.05, 0) is 19.0 Å². The van der Waals surface area contributed by atoms with Crippen LogP contribution < -0.4 is 10.6 Å².